The number of ether oxygens (including phenoxy) is 1. The lowest BCUT2D eigenvalue weighted by atomic mass is 9.80. The lowest BCUT2D eigenvalue weighted by Crippen LogP contribution is -3.00. The molecule has 2 bridgehead atoms. The number of hydrogen-bond donors (Lipinski definition) is 2. The molecule has 6 rings (SSSR count). The predicted octanol–water partition coefficient (Wildman–Crippen LogP) is -0.0912. The SMILES string of the molecule is O=C(C[N+]12CCC(CC1)C(OC(=O)[C@](O)(c1ccsc1)C1CCCC1)C2)Nc1ccon1.[Br-]. The molecule has 0 radical (unpaired) electrons. The summed E-state index contributed by atoms with van der Waals surface area (Å²) in [6.07, 6.45) is 6.67. The van der Waals surface area contributed by atoms with Gasteiger partial charge in [0, 0.05) is 36.3 Å². The Hall–Kier alpha value is -1.75. The number of quaternary nitrogens is 1. The van der Waals surface area contributed by atoms with Gasteiger partial charge in [-0.15, -0.1) is 0 Å². The quantitative estimate of drug-likeness (QED) is 0.376. The van der Waals surface area contributed by atoms with Crippen LogP contribution in [-0.2, 0) is 19.9 Å². The number of fused-ring (bicyclic) bond motifs is 3. The van der Waals surface area contributed by atoms with Crippen molar-refractivity contribution in [1.82, 2.24) is 5.16 Å². The highest BCUT2D eigenvalue weighted by Gasteiger charge is 2.53. The lowest BCUT2D eigenvalue weighted by Gasteiger charge is -2.51. The standard InChI is InChI=1S/C23H29N3O5S.BrH/c27-21(24-20-7-11-30-25-20)14-26-9-5-16(6-10-26)19(13-26)31-22(28)23(29,17-3-1-2-4-17)18-8-12-32-15-18;/h7-8,11-12,15-17,19,29H,1-6,9-10,13-14H2;1H/t16?,19?,23-,26?;/m1./s1. The molecule has 3 saturated heterocycles. The maximum Gasteiger partial charge on any atom is 0.343 e. The highest BCUT2D eigenvalue weighted by atomic mass is 79.9. The number of piperidine rings is 3. The summed E-state index contributed by atoms with van der Waals surface area (Å²) in [5, 5.41) is 21.9. The highest BCUT2D eigenvalue weighted by molar-refractivity contribution is 7.08. The first-order valence-corrected chi connectivity index (χ1v) is 12.4. The Labute approximate surface area is 207 Å². The molecule has 1 saturated carbocycles. The van der Waals surface area contributed by atoms with E-state index in [0.717, 1.165) is 51.6 Å². The first-order valence-electron chi connectivity index (χ1n) is 11.5. The van der Waals surface area contributed by atoms with Crippen molar-refractivity contribution in [3.8, 4) is 0 Å². The van der Waals surface area contributed by atoms with Crippen molar-refractivity contribution >= 4 is 29.0 Å². The number of carbonyl (C=O) groups excluding carboxylic acids is 2. The number of aromatic nitrogens is 1. The summed E-state index contributed by atoms with van der Waals surface area (Å²) < 4.78 is 11.5. The summed E-state index contributed by atoms with van der Waals surface area (Å²) in [6.45, 7) is 2.70. The van der Waals surface area contributed by atoms with Crippen LogP contribution in [0.15, 0.2) is 33.7 Å². The van der Waals surface area contributed by atoms with Crippen LogP contribution in [0, 0.1) is 11.8 Å². The van der Waals surface area contributed by atoms with Crippen LogP contribution in [0.2, 0.25) is 0 Å². The fourth-order valence-electron chi connectivity index (χ4n) is 5.91. The van der Waals surface area contributed by atoms with Gasteiger partial charge in [-0.3, -0.25) is 4.79 Å². The molecule has 3 aliphatic heterocycles. The Morgan fingerprint density at radius 2 is 2.00 bits per heavy atom. The number of hydrogen-bond acceptors (Lipinski definition) is 7. The van der Waals surface area contributed by atoms with Gasteiger partial charge in [-0.25, -0.2) is 4.79 Å². The Balaban J connectivity index is 0.00000259. The zero-order valence-electron chi connectivity index (χ0n) is 18.5. The third kappa shape index (κ3) is 4.76. The number of thiophene rings is 1. The van der Waals surface area contributed by atoms with Crippen LogP contribution in [0.4, 0.5) is 5.82 Å². The second-order valence-corrected chi connectivity index (χ2v) is 10.4. The van der Waals surface area contributed by atoms with Gasteiger partial charge in [-0.05, 0) is 29.7 Å². The van der Waals surface area contributed by atoms with E-state index in [1.54, 1.807) is 6.07 Å². The predicted molar refractivity (Wildman–Crippen MR) is 118 cm³/mol. The van der Waals surface area contributed by atoms with E-state index in [-0.39, 0.29) is 40.8 Å². The summed E-state index contributed by atoms with van der Waals surface area (Å²) in [6, 6.07) is 3.45. The largest absolute Gasteiger partial charge is 1.00 e. The average Bonchev–Trinajstić information content (AvgIpc) is 3.57. The normalized spacial score (nSPS) is 28.6. The fourth-order valence-corrected chi connectivity index (χ4v) is 6.62. The maximum absolute atomic E-state index is 13.5. The molecule has 0 aromatic carbocycles. The molecule has 5 heterocycles. The number of carbonyl (C=O) groups is 2. The molecule has 2 aromatic heterocycles. The number of rotatable bonds is 7. The van der Waals surface area contributed by atoms with Gasteiger partial charge >= 0.3 is 5.97 Å². The van der Waals surface area contributed by atoms with Crippen molar-refractivity contribution in [2.75, 3.05) is 31.5 Å². The Kier molecular flexibility index (Phi) is 7.28. The van der Waals surface area contributed by atoms with E-state index in [0.29, 0.717) is 29.0 Å². The number of halogens is 1. The molecule has 4 aliphatic rings. The molecular formula is C23H30BrN3O5S. The van der Waals surface area contributed by atoms with Crippen LogP contribution in [0.5, 0.6) is 0 Å². The monoisotopic (exact) mass is 539 g/mol. The second kappa shape index (κ2) is 9.85. The van der Waals surface area contributed by atoms with Gasteiger partial charge in [-0.2, -0.15) is 11.3 Å². The van der Waals surface area contributed by atoms with Crippen molar-refractivity contribution in [2.45, 2.75) is 50.2 Å². The van der Waals surface area contributed by atoms with Gasteiger partial charge < -0.3 is 41.1 Å². The smallest absolute Gasteiger partial charge is 0.343 e. The molecule has 1 unspecified atom stereocenters. The summed E-state index contributed by atoms with van der Waals surface area (Å²) in [5.74, 6) is -0.0628. The summed E-state index contributed by atoms with van der Waals surface area (Å²) in [5.41, 5.74) is -0.936. The maximum atomic E-state index is 13.5. The van der Waals surface area contributed by atoms with E-state index in [4.69, 9.17) is 9.26 Å². The number of amides is 1. The summed E-state index contributed by atoms with van der Waals surface area (Å²) in [7, 11) is 0. The van der Waals surface area contributed by atoms with Gasteiger partial charge in [0.2, 0.25) is 0 Å². The molecule has 4 fully saturated rings. The highest BCUT2D eigenvalue weighted by Crippen LogP contribution is 2.43. The Morgan fingerprint density at radius 1 is 1.24 bits per heavy atom. The van der Waals surface area contributed by atoms with Crippen LogP contribution < -0.4 is 22.3 Å². The van der Waals surface area contributed by atoms with E-state index in [1.165, 1.54) is 17.6 Å². The third-order valence-corrected chi connectivity index (χ3v) is 8.39. The van der Waals surface area contributed by atoms with Crippen LogP contribution in [0.25, 0.3) is 0 Å². The zero-order chi connectivity index (χ0) is 22.2. The average molecular weight is 540 g/mol. The van der Waals surface area contributed by atoms with Crippen molar-refractivity contribution in [2.24, 2.45) is 11.8 Å². The molecular weight excluding hydrogens is 510 g/mol. The minimum absolute atomic E-state index is 0. The van der Waals surface area contributed by atoms with E-state index in [1.807, 2.05) is 16.8 Å². The van der Waals surface area contributed by atoms with E-state index < -0.39 is 11.6 Å². The molecule has 180 valence electrons. The van der Waals surface area contributed by atoms with E-state index in [9.17, 15) is 14.7 Å². The van der Waals surface area contributed by atoms with Crippen molar-refractivity contribution in [3.05, 3.63) is 34.7 Å². The first kappa shape index (κ1) is 24.4. The third-order valence-electron chi connectivity index (χ3n) is 7.70. The molecule has 2 atom stereocenters. The minimum atomic E-state index is -1.59. The van der Waals surface area contributed by atoms with Crippen LogP contribution in [0.1, 0.15) is 44.1 Å². The van der Waals surface area contributed by atoms with Gasteiger partial charge in [0.1, 0.15) is 12.8 Å². The molecule has 2 N–H and O–H groups in total. The Morgan fingerprint density at radius 3 is 2.64 bits per heavy atom. The number of nitrogens with zero attached hydrogens (tertiary/aromatic N) is 2. The molecule has 1 amide bonds. The van der Waals surface area contributed by atoms with Crippen molar-refractivity contribution in [1.29, 1.82) is 0 Å². The van der Waals surface area contributed by atoms with Crippen LogP contribution in [0.3, 0.4) is 0 Å². The van der Waals surface area contributed by atoms with Gasteiger partial charge in [-0.1, -0.05) is 18.0 Å². The van der Waals surface area contributed by atoms with Crippen LogP contribution >= 0.6 is 11.3 Å². The number of aliphatic hydroxyl groups is 1. The first-order chi connectivity index (χ1) is 15.5. The van der Waals surface area contributed by atoms with Crippen molar-refractivity contribution < 1.29 is 45.4 Å². The Bertz CT molecular complexity index is 939. The fraction of sp³-hybridized carbons (Fsp3) is 0.609. The van der Waals surface area contributed by atoms with Crippen LogP contribution in [-0.4, -0.2) is 58.9 Å². The van der Waals surface area contributed by atoms with E-state index in [2.05, 4.69) is 10.5 Å². The van der Waals surface area contributed by atoms with Gasteiger partial charge in [0.15, 0.2) is 24.1 Å². The van der Waals surface area contributed by atoms with Gasteiger partial charge in [0.05, 0.1) is 13.1 Å². The molecule has 2 aromatic rings. The molecule has 10 heteroatoms. The lowest BCUT2D eigenvalue weighted by molar-refractivity contribution is -0.939. The van der Waals surface area contributed by atoms with Gasteiger partial charge in [0.25, 0.3) is 5.91 Å². The minimum Gasteiger partial charge on any atom is -1.00 e. The summed E-state index contributed by atoms with van der Waals surface area (Å²) in [4.78, 5) is 26.1. The molecule has 1 aliphatic carbocycles. The zero-order valence-corrected chi connectivity index (χ0v) is 20.9. The molecule has 8 nitrogen and oxygen atoms in total. The molecule has 0 spiro atoms. The van der Waals surface area contributed by atoms with E-state index >= 15 is 0 Å². The molecule has 33 heavy (non-hydrogen) atoms. The topological polar surface area (TPSA) is 102 Å². The number of anilines is 1. The van der Waals surface area contributed by atoms with Crippen molar-refractivity contribution in [3.63, 3.8) is 0 Å². The second-order valence-electron chi connectivity index (χ2n) is 9.60. The summed E-state index contributed by atoms with van der Waals surface area (Å²) >= 11 is 1.48. The number of nitrogens with one attached hydrogen (secondary N) is 1. The number of esters is 1.